The minimum absolute atomic E-state index is 0.0484. The second kappa shape index (κ2) is 9.65. The van der Waals surface area contributed by atoms with Crippen molar-refractivity contribution in [2.75, 3.05) is 6.61 Å². The van der Waals surface area contributed by atoms with Gasteiger partial charge in [0.2, 0.25) is 5.91 Å². The Balaban J connectivity index is 1.48. The number of rotatable bonds is 5. The van der Waals surface area contributed by atoms with Gasteiger partial charge in [-0.05, 0) is 76.9 Å². The van der Waals surface area contributed by atoms with Gasteiger partial charge in [0.25, 0.3) is 5.56 Å². The van der Waals surface area contributed by atoms with Crippen LogP contribution in [0.25, 0.3) is 11.1 Å². The number of ether oxygens (including phenoxy) is 1. The molecule has 0 radical (unpaired) electrons. The maximum atomic E-state index is 13.2. The van der Waals surface area contributed by atoms with Gasteiger partial charge >= 0.3 is 0 Å². The molecule has 3 heterocycles. The highest BCUT2D eigenvalue weighted by Gasteiger charge is 2.34. The van der Waals surface area contributed by atoms with Crippen LogP contribution in [-0.4, -0.2) is 29.2 Å². The third kappa shape index (κ3) is 4.68. The highest BCUT2D eigenvalue weighted by Crippen LogP contribution is 2.30. The molecule has 0 spiro atoms. The average molecular weight is 507 g/mol. The smallest absolute Gasteiger partial charge is 0.265 e. The average Bonchev–Trinajstić information content (AvgIpc) is 3.39. The van der Waals surface area contributed by atoms with Crippen molar-refractivity contribution in [3.63, 3.8) is 0 Å². The summed E-state index contributed by atoms with van der Waals surface area (Å²) in [6.07, 6.45) is 3.48. The number of hydrogen-bond acceptors (Lipinski definition) is 3. The molecule has 170 valence electrons. The van der Waals surface area contributed by atoms with Crippen molar-refractivity contribution in [3.8, 4) is 11.1 Å². The molecule has 1 N–H and O–H groups in total. The molecule has 33 heavy (non-hydrogen) atoms. The molecule has 1 amide bonds. The van der Waals surface area contributed by atoms with Crippen molar-refractivity contribution in [1.82, 2.24) is 9.88 Å². The molecule has 2 aliphatic heterocycles. The minimum Gasteiger partial charge on any atom is -0.368 e. The zero-order valence-electron chi connectivity index (χ0n) is 18.4. The molecule has 2 aliphatic rings. The number of nitrogens with zero attached hydrogens (tertiary/aromatic N) is 1. The first-order valence-corrected chi connectivity index (χ1v) is 12.4. The summed E-state index contributed by atoms with van der Waals surface area (Å²) in [4.78, 5) is 26.1. The summed E-state index contributed by atoms with van der Waals surface area (Å²) in [7, 11) is 0. The van der Waals surface area contributed by atoms with Crippen LogP contribution in [0.2, 0.25) is 0 Å². The number of carbonyl (C=O) groups excluding carboxylic acids is 1. The molecule has 6 heteroatoms. The van der Waals surface area contributed by atoms with Crippen molar-refractivity contribution in [2.24, 2.45) is 0 Å². The van der Waals surface area contributed by atoms with Crippen LogP contribution in [0.15, 0.2) is 76.0 Å². The molecule has 0 bridgehead atoms. The standard InChI is InChI=1S/C27H27BrN2O3/c28-22-13-11-21-12-14-23(29-26(31)25-10-5-15-33-25)24(30(21)27(22)32)17-18-6-4-9-20(16-18)19-7-2-1-3-8-19/h1-4,6-9,11,13,16,23-25H,5,10,12,14-15,17H2,(H,29,31). The molecule has 5 rings (SSSR count). The zero-order chi connectivity index (χ0) is 22.8. The first kappa shape index (κ1) is 22.1. The van der Waals surface area contributed by atoms with E-state index in [0.717, 1.165) is 48.1 Å². The largest absolute Gasteiger partial charge is 0.368 e. The number of hydrogen-bond donors (Lipinski definition) is 1. The number of benzene rings is 2. The molecule has 3 aromatic rings. The lowest BCUT2D eigenvalue weighted by Crippen LogP contribution is -2.50. The van der Waals surface area contributed by atoms with Crippen molar-refractivity contribution in [3.05, 3.63) is 92.8 Å². The van der Waals surface area contributed by atoms with E-state index in [9.17, 15) is 9.59 Å². The Labute approximate surface area is 201 Å². The molecular formula is C27H27BrN2O3. The van der Waals surface area contributed by atoms with Crippen LogP contribution in [-0.2, 0) is 22.4 Å². The monoisotopic (exact) mass is 506 g/mol. The maximum Gasteiger partial charge on any atom is 0.265 e. The summed E-state index contributed by atoms with van der Waals surface area (Å²) in [5.41, 5.74) is 4.40. The SMILES string of the molecule is O=C(NC1CCc2ccc(Br)c(=O)n2C1Cc1cccc(-c2ccccc2)c1)C1CCCO1. The number of pyridine rings is 1. The van der Waals surface area contributed by atoms with Crippen LogP contribution in [0.3, 0.4) is 0 Å². The third-order valence-corrected chi connectivity index (χ3v) is 7.29. The highest BCUT2D eigenvalue weighted by molar-refractivity contribution is 9.10. The molecule has 0 aliphatic carbocycles. The van der Waals surface area contributed by atoms with Gasteiger partial charge in [-0.15, -0.1) is 0 Å². The lowest BCUT2D eigenvalue weighted by atomic mass is 9.89. The molecule has 3 unspecified atom stereocenters. The summed E-state index contributed by atoms with van der Waals surface area (Å²) in [6, 6.07) is 22.3. The predicted octanol–water partition coefficient (Wildman–Crippen LogP) is 4.67. The van der Waals surface area contributed by atoms with Crippen molar-refractivity contribution < 1.29 is 9.53 Å². The molecule has 3 atom stereocenters. The first-order chi connectivity index (χ1) is 16.1. The Kier molecular flexibility index (Phi) is 6.47. The van der Waals surface area contributed by atoms with E-state index in [0.29, 0.717) is 17.5 Å². The number of nitrogens with one attached hydrogen (secondary N) is 1. The van der Waals surface area contributed by atoms with Crippen LogP contribution in [0.5, 0.6) is 0 Å². The number of aromatic nitrogens is 1. The summed E-state index contributed by atoms with van der Waals surface area (Å²) in [5, 5.41) is 3.23. The van der Waals surface area contributed by atoms with Gasteiger partial charge in [-0.2, -0.15) is 0 Å². The molecule has 1 fully saturated rings. The van der Waals surface area contributed by atoms with Crippen LogP contribution >= 0.6 is 15.9 Å². The Hall–Kier alpha value is -2.70. The highest BCUT2D eigenvalue weighted by atomic mass is 79.9. The number of halogens is 1. The fraction of sp³-hybridized carbons (Fsp3) is 0.333. The van der Waals surface area contributed by atoms with Crippen molar-refractivity contribution in [1.29, 1.82) is 0 Å². The Bertz CT molecular complexity index is 1200. The quantitative estimate of drug-likeness (QED) is 0.546. The van der Waals surface area contributed by atoms with E-state index in [2.05, 4.69) is 57.6 Å². The molecule has 0 saturated carbocycles. The maximum absolute atomic E-state index is 13.2. The Morgan fingerprint density at radius 1 is 1.03 bits per heavy atom. The van der Waals surface area contributed by atoms with Gasteiger partial charge in [0.15, 0.2) is 0 Å². The second-order valence-corrected chi connectivity index (χ2v) is 9.70. The molecule has 1 saturated heterocycles. The third-order valence-electron chi connectivity index (χ3n) is 6.69. The number of amides is 1. The van der Waals surface area contributed by atoms with Gasteiger partial charge in [0, 0.05) is 12.3 Å². The molecule has 5 nitrogen and oxygen atoms in total. The van der Waals surface area contributed by atoms with E-state index in [1.165, 1.54) is 0 Å². The van der Waals surface area contributed by atoms with Crippen molar-refractivity contribution >= 4 is 21.8 Å². The van der Waals surface area contributed by atoms with Crippen LogP contribution in [0.1, 0.15) is 36.6 Å². The zero-order valence-corrected chi connectivity index (χ0v) is 20.0. The number of fused-ring (bicyclic) bond motifs is 1. The molecule has 2 aromatic carbocycles. The van der Waals surface area contributed by atoms with Gasteiger partial charge in [-0.3, -0.25) is 9.59 Å². The Morgan fingerprint density at radius 3 is 2.64 bits per heavy atom. The topological polar surface area (TPSA) is 60.3 Å². The summed E-state index contributed by atoms with van der Waals surface area (Å²) >= 11 is 3.41. The van der Waals surface area contributed by atoms with E-state index in [-0.39, 0.29) is 29.7 Å². The van der Waals surface area contributed by atoms with E-state index in [1.807, 2.05) is 34.9 Å². The van der Waals surface area contributed by atoms with Crippen LogP contribution in [0, 0.1) is 0 Å². The first-order valence-electron chi connectivity index (χ1n) is 11.6. The van der Waals surface area contributed by atoms with Crippen LogP contribution in [0.4, 0.5) is 0 Å². The summed E-state index contributed by atoms with van der Waals surface area (Å²) < 4.78 is 8.02. The molecule has 1 aromatic heterocycles. The lowest BCUT2D eigenvalue weighted by Gasteiger charge is -2.36. The second-order valence-electron chi connectivity index (χ2n) is 8.84. The van der Waals surface area contributed by atoms with E-state index in [1.54, 1.807) is 0 Å². The van der Waals surface area contributed by atoms with Crippen LogP contribution < -0.4 is 10.9 Å². The fourth-order valence-corrected chi connectivity index (χ4v) is 5.34. The van der Waals surface area contributed by atoms with E-state index < -0.39 is 0 Å². The van der Waals surface area contributed by atoms with Gasteiger partial charge < -0.3 is 14.6 Å². The van der Waals surface area contributed by atoms with Crippen molar-refractivity contribution in [2.45, 2.75) is 50.3 Å². The Morgan fingerprint density at radius 2 is 1.85 bits per heavy atom. The minimum atomic E-state index is -0.382. The van der Waals surface area contributed by atoms with E-state index >= 15 is 0 Å². The predicted molar refractivity (Wildman–Crippen MR) is 132 cm³/mol. The van der Waals surface area contributed by atoms with E-state index in [4.69, 9.17) is 4.74 Å². The lowest BCUT2D eigenvalue weighted by molar-refractivity contribution is -0.131. The molecular weight excluding hydrogens is 480 g/mol. The normalized spacial score (nSPS) is 22.0. The summed E-state index contributed by atoms with van der Waals surface area (Å²) in [5.74, 6) is -0.0629. The fourth-order valence-electron chi connectivity index (χ4n) is 5.02. The summed E-state index contributed by atoms with van der Waals surface area (Å²) in [6.45, 7) is 0.633. The van der Waals surface area contributed by atoms with Gasteiger partial charge in [0.1, 0.15) is 6.10 Å². The van der Waals surface area contributed by atoms with Gasteiger partial charge in [-0.1, -0.05) is 54.6 Å². The van der Waals surface area contributed by atoms with Gasteiger partial charge in [0.05, 0.1) is 16.6 Å². The number of aryl methyl sites for hydroxylation is 1. The number of carbonyl (C=O) groups is 1. The van der Waals surface area contributed by atoms with Gasteiger partial charge in [-0.25, -0.2) is 0 Å².